The van der Waals surface area contributed by atoms with E-state index in [9.17, 15) is 22.0 Å². The molecule has 2 aromatic carbocycles. The Morgan fingerprint density at radius 1 is 0.771 bits per heavy atom. The van der Waals surface area contributed by atoms with E-state index in [0.717, 1.165) is 36.2 Å². The molecule has 35 heavy (non-hydrogen) atoms. The molecular formula is C29H35F5O. The van der Waals surface area contributed by atoms with Crippen molar-refractivity contribution in [2.75, 3.05) is 0 Å². The Labute approximate surface area is 205 Å². The zero-order chi connectivity index (χ0) is 25.0. The monoisotopic (exact) mass is 494 g/mol. The molecule has 2 saturated carbocycles. The summed E-state index contributed by atoms with van der Waals surface area (Å²) in [4.78, 5) is 0. The van der Waals surface area contributed by atoms with Gasteiger partial charge in [0.25, 0.3) is 0 Å². The number of halogens is 5. The molecule has 0 aliphatic heterocycles. The van der Waals surface area contributed by atoms with Crippen LogP contribution in [0.3, 0.4) is 0 Å². The van der Waals surface area contributed by atoms with Crippen molar-refractivity contribution in [2.24, 2.45) is 23.7 Å². The van der Waals surface area contributed by atoms with Gasteiger partial charge in [0.2, 0.25) is 0 Å². The largest absolute Gasteiger partial charge is 0.429 e. The molecule has 192 valence electrons. The quantitative estimate of drug-likeness (QED) is 0.263. The van der Waals surface area contributed by atoms with Crippen LogP contribution < -0.4 is 4.74 Å². The third-order valence-electron chi connectivity index (χ3n) is 8.36. The lowest BCUT2D eigenvalue weighted by Gasteiger charge is -2.37. The summed E-state index contributed by atoms with van der Waals surface area (Å²) in [5.74, 6) is -2.23. The number of benzene rings is 2. The first kappa shape index (κ1) is 26.0. The zero-order valence-electron chi connectivity index (χ0n) is 20.3. The standard InChI is InChI=1S/C29H35F5O/c1-2-19-5-11-22(12-6-19)23-13-7-20(8-14-23)3-4-21-9-15-24(16-10-21)29(33,34)35-25-17-26(30)28(32)27(31)18-25/h9-10,15-20,22-23H,2-8,11-14H2,1H3/t19-,20?,22-,23?. The molecule has 0 heterocycles. The van der Waals surface area contributed by atoms with Gasteiger partial charge in [0.15, 0.2) is 17.5 Å². The molecule has 4 rings (SSSR count). The fourth-order valence-electron chi connectivity index (χ4n) is 6.05. The van der Waals surface area contributed by atoms with Crippen LogP contribution in [0, 0.1) is 41.1 Å². The highest BCUT2D eigenvalue weighted by molar-refractivity contribution is 5.29. The Hall–Kier alpha value is -2.11. The summed E-state index contributed by atoms with van der Waals surface area (Å²) in [7, 11) is 0. The Bertz CT molecular complexity index is 935. The van der Waals surface area contributed by atoms with E-state index in [-0.39, 0.29) is 0 Å². The van der Waals surface area contributed by atoms with Crippen LogP contribution in [0.2, 0.25) is 0 Å². The Morgan fingerprint density at radius 3 is 1.80 bits per heavy atom. The van der Waals surface area contributed by atoms with Gasteiger partial charge < -0.3 is 4.74 Å². The average Bonchev–Trinajstić information content (AvgIpc) is 2.86. The van der Waals surface area contributed by atoms with Crippen molar-refractivity contribution in [2.45, 2.75) is 83.7 Å². The van der Waals surface area contributed by atoms with Crippen molar-refractivity contribution in [3.8, 4) is 5.75 Å². The van der Waals surface area contributed by atoms with E-state index in [1.165, 1.54) is 69.9 Å². The number of rotatable bonds is 8. The van der Waals surface area contributed by atoms with Crippen molar-refractivity contribution in [3.63, 3.8) is 0 Å². The molecular weight excluding hydrogens is 459 g/mol. The number of hydrogen-bond donors (Lipinski definition) is 0. The fourth-order valence-corrected chi connectivity index (χ4v) is 6.05. The minimum Gasteiger partial charge on any atom is -0.429 e. The van der Waals surface area contributed by atoms with Gasteiger partial charge in [-0.3, -0.25) is 0 Å². The van der Waals surface area contributed by atoms with Gasteiger partial charge in [-0.1, -0.05) is 51.2 Å². The molecule has 0 aromatic heterocycles. The topological polar surface area (TPSA) is 9.23 Å². The van der Waals surface area contributed by atoms with Crippen LogP contribution >= 0.6 is 0 Å². The highest BCUT2D eigenvalue weighted by Gasteiger charge is 2.35. The van der Waals surface area contributed by atoms with Crippen LogP contribution in [-0.2, 0) is 12.5 Å². The zero-order valence-corrected chi connectivity index (χ0v) is 20.3. The van der Waals surface area contributed by atoms with E-state index in [0.29, 0.717) is 18.1 Å². The minimum absolute atomic E-state index is 0.408. The van der Waals surface area contributed by atoms with Gasteiger partial charge in [-0.2, -0.15) is 8.78 Å². The van der Waals surface area contributed by atoms with Gasteiger partial charge >= 0.3 is 6.11 Å². The molecule has 0 spiro atoms. The molecule has 0 radical (unpaired) electrons. The maximum absolute atomic E-state index is 14.5. The van der Waals surface area contributed by atoms with E-state index in [1.54, 1.807) is 12.1 Å². The van der Waals surface area contributed by atoms with Gasteiger partial charge in [-0.25, -0.2) is 13.2 Å². The third-order valence-corrected chi connectivity index (χ3v) is 8.36. The highest BCUT2D eigenvalue weighted by atomic mass is 19.3. The number of ether oxygens (including phenoxy) is 1. The summed E-state index contributed by atoms with van der Waals surface area (Å²) in [6.07, 6.45) is 10.2. The summed E-state index contributed by atoms with van der Waals surface area (Å²) in [5.41, 5.74) is 0.549. The second-order valence-electron chi connectivity index (χ2n) is 10.5. The lowest BCUT2D eigenvalue weighted by molar-refractivity contribution is -0.185. The van der Waals surface area contributed by atoms with E-state index < -0.39 is 34.9 Å². The van der Waals surface area contributed by atoms with Gasteiger partial charge in [-0.05, 0) is 79.9 Å². The molecule has 6 heteroatoms. The second kappa shape index (κ2) is 11.3. The van der Waals surface area contributed by atoms with Gasteiger partial charge in [0, 0.05) is 12.1 Å². The van der Waals surface area contributed by atoms with Gasteiger partial charge in [-0.15, -0.1) is 0 Å². The summed E-state index contributed by atoms with van der Waals surface area (Å²) in [6, 6.07) is 6.66. The lowest BCUT2D eigenvalue weighted by atomic mass is 9.68. The Kier molecular flexibility index (Phi) is 8.38. The normalized spacial score (nSPS) is 25.4. The van der Waals surface area contributed by atoms with Crippen LogP contribution in [0.1, 0.15) is 82.3 Å². The third kappa shape index (κ3) is 6.56. The molecule has 2 fully saturated rings. The summed E-state index contributed by atoms with van der Waals surface area (Å²) in [5, 5.41) is 0. The lowest BCUT2D eigenvalue weighted by Crippen LogP contribution is -2.25. The Morgan fingerprint density at radius 2 is 1.29 bits per heavy atom. The number of hydrogen-bond acceptors (Lipinski definition) is 1. The molecule has 0 amide bonds. The average molecular weight is 495 g/mol. The fraction of sp³-hybridized carbons (Fsp3) is 0.586. The minimum atomic E-state index is -3.80. The predicted octanol–water partition coefficient (Wildman–Crippen LogP) is 9.19. The number of alkyl halides is 2. The first-order valence-corrected chi connectivity index (χ1v) is 13.1. The van der Waals surface area contributed by atoms with Crippen LogP contribution in [0.25, 0.3) is 0 Å². The summed E-state index contributed by atoms with van der Waals surface area (Å²) in [6.45, 7) is 2.31. The number of aryl methyl sites for hydroxylation is 1. The van der Waals surface area contributed by atoms with E-state index >= 15 is 0 Å². The highest BCUT2D eigenvalue weighted by Crippen LogP contribution is 2.42. The van der Waals surface area contributed by atoms with Crippen molar-refractivity contribution in [1.82, 2.24) is 0 Å². The van der Waals surface area contributed by atoms with E-state index in [1.807, 2.05) is 0 Å². The van der Waals surface area contributed by atoms with Crippen molar-refractivity contribution in [1.29, 1.82) is 0 Å². The van der Waals surface area contributed by atoms with Gasteiger partial charge in [0.1, 0.15) is 5.75 Å². The van der Waals surface area contributed by atoms with Crippen molar-refractivity contribution < 1.29 is 26.7 Å². The maximum Gasteiger partial charge on any atom is 0.426 e. The molecule has 1 nitrogen and oxygen atoms in total. The van der Waals surface area contributed by atoms with Gasteiger partial charge in [0.05, 0.1) is 5.56 Å². The molecule has 2 aromatic rings. The molecule has 0 bridgehead atoms. The molecule has 0 unspecified atom stereocenters. The first-order valence-electron chi connectivity index (χ1n) is 13.1. The SMILES string of the molecule is CC[C@H]1CC[C@H](C2CCC(CCc3ccc(C(F)(F)Oc4cc(F)c(F)c(F)c4)cc3)CC2)CC1. The summed E-state index contributed by atoms with van der Waals surface area (Å²) >= 11 is 0. The molecule has 0 saturated heterocycles. The van der Waals surface area contributed by atoms with Crippen LogP contribution in [0.15, 0.2) is 36.4 Å². The Balaban J connectivity index is 1.24. The summed E-state index contributed by atoms with van der Waals surface area (Å²) < 4.78 is 73.1. The molecule has 0 N–H and O–H groups in total. The second-order valence-corrected chi connectivity index (χ2v) is 10.5. The first-order chi connectivity index (χ1) is 16.7. The maximum atomic E-state index is 14.5. The molecule has 2 aliphatic carbocycles. The van der Waals surface area contributed by atoms with Crippen LogP contribution in [0.5, 0.6) is 5.75 Å². The van der Waals surface area contributed by atoms with E-state index in [2.05, 4.69) is 11.7 Å². The van der Waals surface area contributed by atoms with Crippen LogP contribution in [-0.4, -0.2) is 0 Å². The van der Waals surface area contributed by atoms with E-state index in [4.69, 9.17) is 0 Å². The molecule has 2 aliphatic rings. The van der Waals surface area contributed by atoms with Crippen molar-refractivity contribution >= 4 is 0 Å². The van der Waals surface area contributed by atoms with Crippen molar-refractivity contribution in [3.05, 3.63) is 65.0 Å². The predicted molar refractivity (Wildman–Crippen MR) is 127 cm³/mol. The molecule has 0 atom stereocenters. The smallest absolute Gasteiger partial charge is 0.426 e. The van der Waals surface area contributed by atoms with Crippen LogP contribution in [0.4, 0.5) is 22.0 Å².